The van der Waals surface area contributed by atoms with E-state index in [0.717, 1.165) is 23.2 Å². The molecule has 0 aliphatic carbocycles. The van der Waals surface area contributed by atoms with Crippen molar-refractivity contribution >= 4 is 11.6 Å². The molecule has 6 heteroatoms. The Morgan fingerprint density at radius 2 is 1.67 bits per heavy atom. The zero-order valence-corrected chi connectivity index (χ0v) is 16.7. The first-order valence-electron chi connectivity index (χ1n) is 9.63. The molecule has 156 valence electrons. The van der Waals surface area contributed by atoms with Crippen LogP contribution >= 0.6 is 0 Å². The van der Waals surface area contributed by atoms with Crippen molar-refractivity contribution in [3.05, 3.63) is 95.6 Å². The number of carbonyl (C=O) groups excluding carboxylic acids is 1. The van der Waals surface area contributed by atoms with Gasteiger partial charge in [-0.2, -0.15) is 8.78 Å². The molecule has 4 nitrogen and oxygen atoms in total. The fraction of sp³-hybridized carbons (Fsp3) is 0.208. The van der Waals surface area contributed by atoms with Crippen molar-refractivity contribution in [3.63, 3.8) is 0 Å². The highest BCUT2D eigenvalue weighted by Gasteiger charge is 2.11. The Hall–Kier alpha value is -3.25. The predicted molar refractivity (Wildman–Crippen MR) is 114 cm³/mol. The number of nitrogens with zero attached hydrogens (tertiary/aromatic N) is 1. The van der Waals surface area contributed by atoms with Crippen LogP contribution in [0.1, 0.15) is 16.7 Å². The standard InChI is InChI=1S/C24H24F2N2O2/c1-28(16-19-10-7-12-21(15-19)30-24(25)26)17-23(29)27-22-13-6-5-11-20(22)14-18-8-3-2-4-9-18/h2-13,15,24H,14,16-17H2,1H3,(H,27,29). The van der Waals surface area contributed by atoms with E-state index in [1.54, 1.807) is 19.2 Å². The lowest BCUT2D eigenvalue weighted by molar-refractivity contribution is -0.117. The summed E-state index contributed by atoms with van der Waals surface area (Å²) in [5, 5.41) is 2.98. The number of halogens is 2. The van der Waals surface area contributed by atoms with Gasteiger partial charge in [0.05, 0.1) is 6.54 Å². The number of likely N-dealkylation sites (N-methyl/N-ethyl adjacent to an activating group) is 1. The Bertz CT molecular complexity index is 964. The van der Waals surface area contributed by atoms with E-state index in [2.05, 4.69) is 22.2 Å². The molecule has 3 aromatic rings. The van der Waals surface area contributed by atoms with Crippen molar-refractivity contribution in [2.24, 2.45) is 0 Å². The normalized spacial score (nSPS) is 11.0. The van der Waals surface area contributed by atoms with Gasteiger partial charge in [-0.3, -0.25) is 9.69 Å². The summed E-state index contributed by atoms with van der Waals surface area (Å²) in [4.78, 5) is 14.4. The van der Waals surface area contributed by atoms with E-state index in [1.165, 1.54) is 11.6 Å². The lowest BCUT2D eigenvalue weighted by Crippen LogP contribution is -2.30. The number of nitrogens with one attached hydrogen (secondary N) is 1. The molecule has 0 spiro atoms. The maximum absolute atomic E-state index is 12.6. The molecule has 3 aromatic carbocycles. The zero-order valence-electron chi connectivity index (χ0n) is 16.7. The second-order valence-corrected chi connectivity index (χ2v) is 7.07. The average molecular weight is 410 g/mol. The highest BCUT2D eigenvalue weighted by molar-refractivity contribution is 5.93. The highest BCUT2D eigenvalue weighted by atomic mass is 19.3. The van der Waals surface area contributed by atoms with Gasteiger partial charge < -0.3 is 10.1 Å². The first-order chi connectivity index (χ1) is 14.5. The van der Waals surface area contributed by atoms with Crippen LogP contribution in [0.15, 0.2) is 78.9 Å². The summed E-state index contributed by atoms with van der Waals surface area (Å²) in [6, 6.07) is 24.3. The number of benzene rings is 3. The number of anilines is 1. The number of para-hydroxylation sites is 1. The summed E-state index contributed by atoms with van der Waals surface area (Å²) < 4.78 is 29.2. The van der Waals surface area contributed by atoms with Gasteiger partial charge in [0.2, 0.25) is 5.91 Å². The van der Waals surface area contributed by atoms with Crippen molar-refractivity contribution in [3.8, 4) is 5.75 Å². The van der Waals surface area contributed by atoms with E-state index in [4.69, 9.17) is 0 Å². The molecule has 1 amide bonds. The molecular formula is C24H24F2N2O2. The van der Waals surface area contributed by atoms with Crippen LogP contribution in [0.4, 0.5) is 14.5 Å². The van der Waals surface area contributed by atoms with Gasteiger partial charge in [0.25, 0.3) is 0 Å². The lowest BCUT2D eigenvalue weighted by Gasteiger charge is -2.18. The van der Waals surface area contributed by atoms with Crippen LogP contribution < -0.4 is 10.1 Å². The molecule has 0 radical (unpaired) electrons. The number of ether oxygens (including phenoxy) is 1. The van der Waals surface area contributed by atoms with Gasteiger partial charge in [-0.05, 0) is 48.4 Å². The third-order valence-electron chi connectivity index (χ3n) is 4.52. The van der Waals surface area contributed by atoms with Crippen molar-refractivity contribution < 1.29 is 18.3 Å². The molecule has 0 aliphatic heterocycles. The third kappa shape index (κ3) is 6.67. The van der Waals surface area contributed by atoms with Gasteiger partial charge >= 0.3 is 6.61 Å². The highest BCUT2D eigenvalue weighted by Crippen LogP contribution is 2.20. The van der Waals surface area contributed by atoms with Crippen molar-refractivity contribution in [2.45, 2.75) is 19.6 Å². The predicted octanol–water partition coefficient (Wildman–Crippen LogP) is 4.95. The second-order valence-electron chi connectivity index (χ2n) is 7.07. The average Bonchev–Trinajstić information content (AvgIpc) is 2.70. The molecule has 0 atom stereocenters. The lowest BCUT2D eigenvalue weighted by atomic mass is 10.0. The van der Waals surface area contributed by atoms with Crippen LogP contribution in [-0.2, 0) is 17.8 Å². The summed E-state index contributed by atoms with van der Waals surface area (Å²) in [7, 11) is 1.80. The topological polar surface area (TPSA) is 41.6 Å². The zero-order chi connectivity index (χ0) is 21.3. The van der Waals surface area contributed by atoms with Crippen LogP contribution in [-0.4, -0.2) is 31.0 Å². The first kappa shape index (κ1) is 21.5. The van der Waals surface area contributed by atoms with E-state index in [1.807, 2.05) is 53.4 Å². The molecule has 0 fully saturated rings. The minimum Gasteiger partial charge on any atom is -0.435 e. The van der Waals surface area contributed by atoms with Gasteiger partial charge in [-0.1, -0.05) is 60.7 Å². The van der Waals surface area contributed by atoms with Gasteiger partial charge in [-0.15, -0.1) is 0 Å². The summed E-state index contributed by atoms with van der Waals surface area (Å²) in [6.07, 6.45) is 0.726. The number of amides is 1. The van der Waals surface area contributed by atoms with E-state index in [0.29, 0.717) is 6.54 Å². The quantitative estimate of drug-likeness (QED) is 0.543. The number of alkyl halides is 2. The Labute approximate surface area is 175 Å². The summed E-state index contributed by atoms with van der Waals surface area (Å²) in [5.41, 5.74) is 3.78. The maximum atomic E-state index is 12.6. The second kappa shape index (κ2) is 10.5. The monoisotopic (exact) mass is 410 g/mol. The summed E-state index contributed by atoms with van der Waals surface area (Å²) in [6.45, 7) is -2.27. The third-order valence-corrected chi connectivity index (χ3v) is 4.52. The Morgan fingerprint density at radius 3 is 2.43 bits per heavy atom. The molecule has 0 aromatic heterocycles. The first-order valence-corrected chi connectivity index (χ1v) is 9.63. The molecule has 0 bridgehead atoms. The molecule has 1 N–H and O–H groups in total. The fourth-order valence-corrected chi connectivity index (χ4v) is 3.23. The molecule has 0 heterocycles. The molecule has 0 saturated heterocycles. The Morgan fingerprint density at radius 1 is 0.967 bits per heavy atom. The largest absolute Gasteiger partial charge is 0.435 e. The van der Waals surface area contributed by atoms with E-state index in [9.17, 15) is 13.6 Å². The number of carbonyl (C=O) groups is 1. The van der Waals surface area contributed by atoms with Crippen LogP contribution in [0.2, 0.25) is 0 Å². The minimum atomic E-state index is -2.86. The molecule has 0 aliphatic rings. The van der Waals surface area contributed by atoms with Gasteiger partial charge in [0, 0.05) is 12.2 Å². The maximum Gasteiger partial charge on any atom is 0.387 e. The van der Waals surface area contributed by atoms with E-state index >= 15 is 0 Å². The van der Waals surface area contributed by atoms with Gasteiger partial charge in [0.1, 0.15) is 5.75 Å². The summed E-state index contributed by atoms with van der Waals surface area (Å²) in [5.74, 6) is -0.0341. The van der Waals surface area contributed by atoms with Crippen molar-refractivity contribution in [2.75, 3.05) is 18.9 Å². The number of rotatable bonds is 9. The van der Waals surface area contributed by atoms with Crippen molar-refractivity contribution in [1.82, 2.24) is 4.90 Å². The smallest absolute Gasteiger partial charge is 0.387 e. The van der Waals surface area contributed by atoms with E-state index < -0.39 is 6.61 Å². The Kier molecular flexibility index (Phi) is 7.51. The SMILES string of the molecule is CN(CC(=O)Nc1ccccc1Cc1ccccc1)Cc1cccc(OC(F)F)c1. The van der Waals surface area contributed by atoms with Crippen LogP contribution in [0.25, 0.3) is 0 Å². The molecule has 30 heavy (non-hydrogen) atoms. The fourth-order valence-electron chi connectivity index (χ4n) is 3.23. The number of hydrogen-bond donors (Lipinski definition) is 1. The minimum absolute atomic E-state index is 0.107. The van der Waals surface area contributed by atoms with Crippen LogP contribution in [0.5, 0.6) is 5.75 Å². The van der Waals surface area contributed by atoms with Gasteiger partial charge in [-0.25, -0.2) is 0 Å². The molecule has 0 unspecified atom stereocenters. The van der Waals surface area contributed by atoms with Crippen LogP contribution in [0.3, 0.4) is 0 Å². The van der Waals surface area contributed by atoms with Crippen molar-refractivity contribution in [1.29, 1.82) is 0 Å². The molecular weight excluding hydrogens is 386 g/mol. The van der Waals surface area contributed by atoms with E-state index in [-0.39, 0.29) is 18.2 Å². The molecule has 3 rings (SSSR count). The van der Waals surface area contributed by atoms with Crippen LogP contribution in [0, 0.1) is 0 Å². The Balaban J connectivity index is 1.58. The number of hydrogen-bond acceptors (Lipinski definition) is 3. The van der Waals surface area contributed by atoms with Gasteiger partial charge in [0.15, 0.2) is 0 Å². The summed E-state index contributed by atoms with van der Waals surface area (Å²) >= 11 is 0. The molecule has 0 saturated carbocycles.